The van der Waals surface area contributed by atoms with Crippen LogP contribution in [0.25, 0.3) is 0 Å². The van der Waals surface area contributed by atoms with Gasteiger partial charge in [0.2, 0.25) is 12.0 Å². The van der Waals surface area contributed by atoms with Gasteiger partial charge >= 0.3 is 5.97 Å². The first-order valence-corrected chi connectivity index (χ1v) is 8.78. The second kappa shape index (κ2) is 10.4. The number of hydrogen-bond acceptors (Lipinski definition) is 7. The van der Waals surface area contributed by atoms with Crippen molar-refractivity contribution in [2.45, 2.75) is 12.8 Å². The third-order valence-electron chi connectivity index (χ3n) is 4.09. The molecule has 2 aromatic rings. The Morgan fingerprint density at radius 1 is 0.967 bits per heavy atom. The molecule has 0 aliphatic heterocycles. The zero-order chi connectivity index (χ0) is 22.1. The smallest absolute Gasteiger partial charge is 0.307 e. The summed E-state index contributed by atoms with van der Waals surface area (Å²) in [5.41, 5.74) is 6.15. The number of isocyanates is 1. The van der Waals surface area contributed by atoms with E-state index in [0.29, 0.717) is 22.6 Å². The van der Waals surface area contributed by atoms with Gasteiger partial charge < -0.3 is 15.6 Å². The van der Waals surface area contributed by atoms with Crippen LogP contribution < -0.4 is 10.5 Å². The Kier molecular flexibility index (Phi) is 7.73. The van der Waals surface area contributed by atoms with E-state index in [1.165, 1.54) is 54.6 Å². The number of carbonyl (C=O) groups is 4. The maximum atomic E-state index is 12.5. The highest BCUT2D eigenvalue weighted by atomic mass is 16.5. The molecule has 0 heterocycles. The minimum atomic E-state index is -1.28. The summed E-state index contributed by atoms with van der Waals surface area (Å²) in [5.74, 6) is -3.71. The fourth-order valence-corrected chi connectivity index (χ4v) is 2.60. The van der Waals surface area contributed by atoms with E-state index in [4.69, 9.17) is 15.6 Å². The van der Waals surface area contributed by atoms with E-state index >= 15 is 0 Å². The van der Waals surface area contributed by atoms with Gasteiger partial charge in [-0.15, -0.1) is 0 Å². The molecule has 30 heavy (non-hydrogen) atoms. The summed E-state index contributed by atoms with van der Waals surface area (Å²) >= 11 is 0. The van der Waals surface area contributed by atoms with E-state index in [9.17, 15) is 24.0 Å². The zero-order valence-corrected chi connectivity index (χ0v) is 15.7. The van der Waals surface area contributed by atoms with Gasteiger partial charge in [0.05, 0.1) is 11.6 Å². The number of nitrogens with zero attached hydrogens (tertiary/aromatic N) is 1. The molecule has 0 aromatic heterocycles. The molecule has 1 atom stereocenters. The molecule has 0 aliphatic rings. The number of aliphatic carboxylic acids is 1. The molecule has 9 heteroatoms. The number of ketones is 2. The molecule has 0 aliphatic carbocycles. The summed E-state index contributed by atoms with van der Waals surface area (Å²) in [4.78, 5) is 60.0. The Morgan fingerprint density at radius 2 is 1.53 bits per heavy atom. The molecule has 2 aromatic carbocycles. The number of primary amides is 1. The molecule has 0 radical (unpaired) electrons. The average Bonchev–Trinajstić information content (AvgIpc) is 2.72. The number of Topliss-reactive ketones (excluding diaryl/α,β-unsaturated/α-hetero) is 1. The monoisotopic (exact) mass is 410 g/mol. The summed E-state index contributed by atoms with van der Waals surface area (Å²) in [5, 5.41) is 9.02. The lowest BCUT2D eigenvalue weighted by molar-refractivity contribution is -0.145. The normalized spacial score (nSPS) is 11.1. The van der Waals surface area contributed by atoms with Crippen LogP contribution in [0.3, 0.4) is 0 Å². The molecule has 2 rings (SSSR count). The largest absolute Gasteiger partial charge is 0.486 e. The molecule has 3 N–H and O–H groups in total. The first kappa shape index (κ1) is 22.2. The van der Waals surface area contributed by atoms with E-state index in [1.807, 2.05) is 0 Å². The van der Waals surface area contributed by atoms with Crippen LogP contribution in [0.5, 0.6) is 5.75 Å². The van der Waals surface area contributed by atoms with Crippen molar-refractivity contribution in [3.05, 3.63) is 59.7 Å². The zero-order valence-electron chi connectivity index (χ0n) is 15.7. The second-order valence-corrected chi connectivity index (χ2v) is 6.34. The molecule has 0 bridgehead atoms. The summed E-state index contributed by atoms with van der Waals surface area (Å²) < 4.78 is 5.32. The average molecular weight is 410 g/mol. The molecular weight excluding hydrogens is 392 g/mol. The summed E-state index contributed by atoms with van der Waals surface area (Å²) in [6.07, 6.45) is 0.611. The van der Waals surface area contributed by atoms with Crippen LogP contribution in [0.15, 0.2) is 53.5 Å². The number of benzene rings is 2. The minimum Gasteiger partial charge on any atom is -0.486 e. The van der Waals surface area contributed by atoms with Crippen molar-refractivity contribution in [3.63, 3.8) is 0 Å². The number of carboxylic acid groups (broad SMARTS) is 1. The Morgan fingerprint density at radius 3 is 2.03 bits per heavy atom. The lowest BCUT2D eigenvalue weighted by Crippen LogP contribution is -2.26. The number of ether oxygens (including phenoxy) is 1. The van der Waals surface area contributed by atoms with Gasteiger partial charge in [0.1, 0.15) is 12.4 Å². The predicted molar refractivity (Wildman–Crippen MR) is 104 cm³/mol. The van der Waals surface area contributed by atoms with Crippen molar-refractivity contribution in [2.75, 3.05) is 6.61 Å². The van der Waals surface area contributed by atoms with E-state index in [2.05, 4.69) is 4.99 Å². The molecule has 0 spiro atoms. The lowest BCUT2D eigenvalue weighted by atomic mass is 9.99. The van der Waals surface area contributed by atoms with Crippen molar-refractivity contribution >= 4 is 35.2 Å². The van der Waals surface area contributed by atoms with E-state index < -0.39 is 30.0 Å². The van der Waals surface area contributed by atoms with Gasteiger partial charge in [-0.1, -0.05) is 0 Å². The summed E-state index contributed by atoms with van der Waals surface area (Å²) in [7, 11) is 0. The highest BCUT2D eigenvalue weighted by Gasteiger charge is 2.23. The molecule has 9 nitrogen and oxygen atoms in total. The van der Waals surface area contributed by atoms with Gasteiger partial charge in [-0.3, -0.25) is 19.2 Å². The van der Waals surface area contributed by atoms with E-state index in [0.717, 1.165) is 0 Å². The Hall–Kier alpha value is -4.10. The topological polar surface area (TPSA) is 153 Å². The van der Waals surface area contributed by atoms with Crippen molar-refractivity contribution < 1.29 is 33.8 Å². The van der Waals surface area contributed by atoms with Gasteiger partial charge in [0, 0.05) is 24.0 Å². The first-order valence-electron chi connectivity index (χ1n) is 8.78. The van der Waals surface area contributed by atoms with Crippen molar-refractivity contribution in [1.82, 2.24) is 0 Å². The van der Waals surface area contributed by atoms with Crippen molar-refractivity contribution in [2.24, 2.45) is 16.6 Å². The second-order valence-electron chi connectivity index (χ2n) is 6.34. The quantitative estimate of drug-likeness (QED) is 0.325. The van der Waals surface area contributed by atoms with Gasteiger partial charge in [-0.25, -0.2) is 4.79 Å². The van der Waals surface area contributed by atoms with Gasteiger partial charge in [0.15, 0.2) is 11.6 Å². The Balaban J connectivity index is 1.94. The number of aliphatic imine (C=N–C) groups is 1. The van der Waals surface area contributed by atoms with Crippen LogP contribution in [0.4, 0.5) is 5.69 Å². The number of nitrogens with two attached hydrogens (primary N) is 1. The van der Waals surface area contributed by atoms with Gasteiger partial charge in [-0.05, 0) is 48.5 Å². The first-order chi connectivity index (χ1) is 14.3. The summed E-state index contributed by atoms with van der Waals surface area (Å²) in [6.45, 7) is -0.380. The van der Waals surface area contributed by atoms with Crippen molar-refractivity contribution in [1.29, 1.82) is 0 Å². The maximum Gasteiger partial charge on any atom is 0.307 e. The van der Waals surface area contributed by atoms with Crippen LogP contribution in [-0.4, -0.2) is 41.2 Å². The van der Waals surface area contributed by atoms with E-state index in [-0.39, 0.29) is 18.8 Å². The fourth-order valence-electron chi connectivity index (χ4n) is 2.60. The lowest BCUT2D eigenvalue weighted by Gasteiger charge is -2.10. The van der Waals surface area contributed by atoms with Crippen LogP contribution >= 0.6 is 0 Å². The number of carboxylic acids is 1. The van der Waals surface area contributed by atoms with Crippen molar-refractivity contribution in [3.8, 4) is 5.75 Å². The number of carbonyl (C=O) groups excluding carboxylic acids is 4. The highest BCUT2D eigenvalue weighted by molar-refractivity contribution is 6.09. The Bertz CT molecular complexity index is 991. The molecular formula is C21H18N2O7. The summed E-state index contributed by atoms with van der Waals surface area (Å²) in [6, 6.07) is 12.2. The highest BCUT2D eigenvalue weighted by Crippen LogP contribution is 2.18. The maximum absolute atomic E-state index is 12.5. The SMILES string of the molecule is NC(=O)CC(CC(=O)COc1ccc(C(=O)c2ccc(N=C=O)cc2)cc1)C(=O)O. The van der Waals surface area contributed by atoms with Gasteiger partial charge in [-0.2, -0.15) is 4.99 Å². The van der Waals surface area contributed by atoms with Crippen LogP contribution in [0.1, 0.15) is 28.8 Å². The van der Waals surface area contributed by atoms with Crippen LogP contribution in [0.2, 0.25) is 0 Å². The molecule has 0 saturated carbocycles. The molecule has 154 valence electrons. The minimum absolute atomic E-state index is 0.255. The number of hydrogen-bond donors (Lipinski definition) is 2. The number of rotatable bonds is 11. The fraction of sp³-hybridized carbons (Fsp3) is 0.190. The number of amides is 1. The van der Waals surface area contributed by atoms with Gasteiger partial charge in [0.25, 0.3) is 0 Å². The standard InChI is InChI=1S/C21H18N2O7/c22-19(26)10-15(21(28)29)9-17(25)11-30-18-7-3-14(4-8-18)20(27)13-1-5-16(6-2-13)23-12-24/h1-8,15H,9-11H2,(H2,22,26)(H,28,29). The molecule has 1 unspecified atom stereocenters. The third-order valence-corrected chi connectivity index (χ3v) is 4.09. The van der Waals surface area contributed by atoms with Crippen LogP contribution in [-0.2, 0) is 19.2 Å². The van der Waals surface area contributed by atoms with Crippen LogP contribution in [0, 0.1) is 5.92 Å². The predicted octanol–water partition coefficient (Wildman–Crippen LogP) is 1.80. The third kappa shape index (κ3) is 6.50. The Labute approximate surface area is 171 Å². The molecule has 0 fully saturated rings. The molecule has 1 amide bonds. The van der Waals surface area contributed by atoms with E-state index in [1.54, 1.807) is 0 Å². The molecule has 0 saturated heterocycles.